The zero-order valence-corrected chi connectivity index (χ0v) is 16.9. The van der Waals surface area contributed by atoms with Crippen molar-refractivity contribution in [3.8, 4) is 0 Å². The summed E-state index contributed by atoms with van der Waals surface area (Å²) in [6.07, 6.45) is 0. The lowest BCUT2D eigenvalue weighted by Gasteiger charge is -2.03. The van der Waals surface area contributed by atoms with Gasteiger partial charge in [0.05, 0.1) is 10.7 Å². The topological polar surface area (TPSA) is 127 Å². The number of anilines is 2. The Bertz CT molecular complexity index is 1060. The lowest BCUT2D eigenvalue weighted by atomic mass is 10.1. The van der Waals surface area contributed by atoms with Crippen LogP contribution in [0.15, 0.2) is 52.9 Å². The SMILES string of the molecule is O=C(CSc1nnc(NC(=O)c2ccccc2[N+](=O)[O-])s1)Nc1ccc(Cl)cc1. The summed E-state index contributed by atoms with van der Waals surface area (Å²) in [5, 5.41) is 24.7. The maximum atomic E-state index is 12.3. The highest BCUT2D eigenvalue weighted by molar-refractivity contribution is 8.01. The predicted octanol–water partition coefficient (Wildman–Crippen LogP) is 4.08. The van der Waals surface area contributed by atoms with E-state index in [1.807, 2.05) is 0 Å². The normalized spacial score (nSPS) is 10.4. The number of nitro groups is 1. The van der Waals surface area contributed by atoms with Gasteiger partial charge in [-0.1, -0.05) is 46.8 Å². The number of carbonyl (C=O) groups excluding carboxylic acids is 2. The lowest BCUT2D eigenvalue weighted by molar-refractivity contribution is -0.385. The van der Waals surface area contributed by atoms with E-state index < -0.39 is 10.8 Å². The molecule has 0 atom stereocenters. The van der Waals surface area contributed by atoms with Gasteiger partial charge in [-0.3, -0.25) is 25.0 Å². The number of halogens is 1. The fourth-order valence-corrected chi connectivity index (χ4v) is 3.84. The molecule has 2 amide bonds. The van der Waals surface area contributed by atoms with E-state index >= 15 is 0 Å². The molecule has 29 heavy (non-hydrogen) atoms. The second-order valence-electron chi connectivity index (χ2n) is 5.45. The number of nitrogens with one attached hydrogen (secondary N) is 2. The van der Waals surface area contributed by atoms with Gasteiger partial charge in [-0.15, -0.1) is 10.2 Å². The molecule has 0 radical (unpaired) electrons. The Labute approximate surface area is 177 Å². The number of carbonyl (C=O) groups is 2. The maximum Gasteiger partial charge on any atom is 0.282 e. The number of nitrogens with zero attached hydrogens (tertiary/aromatic N) is 3. The predicted molar refractivity (Wildman–Crippen MR) is 112 cm³/mol. The fraction of sp³-hybridized carbons (Fsp3) is 0.0588. The summed E-state index contributed by atoms with van der Waals surface area (Å²) >= 11 is 8.01. The molecule has 12 heteroatoms. The maximum absolute atomic E-state index is 12.3. The summed E-state index contributed by atoms with van der Waals surface area (Å²) in [7, 11) is 0. The van der Waals surface area contributed by atoms with Crippen molar-refractivity contribution in [2.75, 3.05) is 16.4 Å². The highest BCUT2D eigenvalue weighted by Crippen LogP contribution is 2.27. The van der Waals surface area contributed by atoms with Crippen LogP contribution in [0.2, 0.25) is 5.02 Å². The average Bonchev–Trinajstić information content (AvgIpc) is 3.15. The molecule has 2 aromatic carbocycles. The summed E-state index contributed by atoms with van der Waals surface area (Å²) < 4.78 is 0.467. The Morgan fingerprint density at radius 3 is 2.55 bits per heavy atom. The molecule has 0 saturated heterocycles. The third kappa shape index (κ3) is 5.73. The molecule has 0 unspecified atom stereocenters. The van der Waals surface area contributed by atoms with E-state index in [0.717, 1.165) is 23.1 Å². The molecule has 9 nitrogen and oxygen atoms in total. The first-order chi connectivity index (χ1) is 13.9. The molecule has 0 aliphatic rings. The number of thioether (sulfide) groups is 1. The number of benzene rings is 2. The molecule has 148 valence electrons. The Morgan fingerprint density at radius 1 is 1.10 bits per heavy atom. The number of nitro benzene ring substituents is 1. The van der Waals surface area contributed by atoms with E-state index in [1.54, 1.807) is 24.3 Å². The molecule has 3 rings (SSSR count). The van der Waals surface area contributed by atoms with Crippen LogP contribution in [0, 0.1) is 10.1 Å². The first-order valence-corrected chi connectivity index (χ1v) is 10.2. The van der Waals surface area contributed by atoms with Crippen LogP contribution in [-0.4, -0.2) is 32.7 Å². The second kappa shape index (κ2) is 9.45. The molecule has 0 bridgehead atoms. The largest absolute Gasteiger partial charge is 0.325 e. The van der Waals surface area contributed by atoms with Crippen molar-refractivity contribution in [2.45, 2.75) is 4.34 Å². The van der Waals surface area contributed by atoms with Crippen molar-refractivity contribution in [3.63, 3.8) is 0 Å². The molecule has 0 saturated carbocycles. The minimum Gasteiger partial charge on any atom is -0.325 e. The van der Waals surface area contributed by atoms with Crippen LogP contribution in [0.25, 0.3) is 0 Å². The van der Waals surface area contributed by atoms with Crippen LogP contribution in [0.1, 0.15) is 10.4 Å². The number of aromatic nitrogens is 2. The molecule has 1 heterocycles. The summed E-state index contributed by atoms with van der Waals surface area (Å²) in [6.45, 7) is 0. The summed E-state index contributed by atoms with van der Waals surface area (Å²) in [5.74, 6) is -0.807. The van der Waals surface area contributed by atoms with Gasteiger partial charge in [0, 0.05) is 16.8 Å². The van der Waals surface area contributed by atoms with E-state index in [-0.39, 0.29) is 28.0 Å². The Balaban J connectivity index is 1.55. The van der Waals surface area contributed by atoms with E-state index in [0.29, 0.717) is 15.0 Å². The smallest absolute Gasteiger partial charge is 0.282 e. The molecule has 3 aromatic rings. The zero-order chi connectivity index (χ0) is 20.8. The Morgan fingerprint density at radius 2 is 1.83 bits per heavy atom. The Hall–Kier alpha value is -3.02. The first-order valence-electron chi connectivity index (χ1n) is 7.99. The molecule has 0 aliphatic heterocycles. The number of amides is 2. The average molecular weight is 450 g/mol. The molecule has 0 spiro atoms. The van der Waals surface area contributed by atoms with Crippen LogP contribution in [0.4, 0.5) is 16.5 Å². The van der Waals surface area contributed by atoms with Gasteiger partial charge in [0.2, 0.25) is 11.0 Å². The highest BCUT2D eigenvalue weighted by atomic mass is 35.5. The second-order valence-corrected chi connectivity index (χ2v) is 8.08. The third-order valence-electron chi connectivity index (χ3n) is 3.43. The fourth-order valence-electron chi connectivity index (χ4n) is 2.17. The molecule has 0 fully saturated rings. The van der Waals surface area contributed by atoms with Gasteiger partial charge in [-0.25, -0.2) is 0 Å². The number of para-hydroxylation sites is 1. The van der Waals surface area contributed by atoms with Crippen molar-refractivity contribution in [1.29, 1.82) is 0 Å². The van der Waals surface area contributed by atoms with Crippen molar-refractivity contribution in [2.24, 2.45) is 0 Å². The summed E-state index contributed by atoms with van der Waals surface area (Å²) in [4.78, 5) is 34.7. The van der Waals surface area contributed by atoms with Crippen LogP contribution >= 0.6 is 34.7 Å². The van der Waals surface area contributed by atoms with Crippen LogP contribution in [0.5, 0.6) is 0 Å². The van der Waals surface area contributed by atoms with Gasteiger partial charge in [-0.05, 0) is 30.3 Å². The van der Waals surface area contributed by atoms with Gasteiger partial charge in [0.15, 0.2) is 4.34 Å². The lowest BCUT2D eigenvalue weighted by Crippen LogP contribution is -2.13. The van der Waals surface area contributed by atoms with E-state index in [4.69, 9.17) is 11.6 Å². The summed E-state index contributed by atoms with van der Waals surface area (Å²) in [6, 6.07) is 12.3. The van der Waals surface area contributed by atoms with Crippen molar-refractivity contribution < 1.29 is 14.5 Å². The van der Waals surface area contributed by atoms with Crippen molar-refractivity contribution in [3.05, 3.63) is 69.2 Å². The quantitative estimate of drug-likeness (QED) is 0.240. The summed E-state index contributed by atoms with van der Waals surface area (Å²) in [5.41, 5.74) is 0.238. The van der Waals surface area contributed by atoms with Gasteiger partial charge in [0.25, 0.3) is 11.6 Å². The molecule has 2 N–H and O–H groups in total. The number of hydrogen-bond acceptors (Lipinski definition) is 8. The monoisotopic (exact) mass is 449 g/mol. The molecular formula is C17H12ClN5O4S2. The van der Waals surface area contributed by atoms with E-state index in [2.05, 4.69) is 20.8 Å². The van der Waals surface area contributed by atoms with Gasteiger partial charge in [-0.2, -0.15) is 0 Å². The Kier molecular flexibility index (Phi) is 6.75. The van der Waals surface area contributed by atoms with E-state index in [1.165, 1.54) is 24.3 Å². The molecule has 1 aromatic heterocycles. The highest BCUT2D eigenvalue weighted by Gasteiger charge is 2.20. The first kappa shape index (κ1) is 20.7. The third-order valence-corrected chi connectivity index (χ3v) is 5.65. The van der Waals surface area contributed by atoms with Crippen LogP contribution in [0.3, 0.4) is 0 Å². The zero-order valence-electron chi connectivity index (χ0n) is 14.5. The van der Waals surface area contributed by atoms with E-state index in [9.17, 15) is 19.7 Å². The minimum absolute atomic E-state index is 0.0794. The van der Waals surface area contributed by atoms with Gasteiger partial charge >= 0.3 is 0 Å². The van der Waals surface area contributed by atoms with Crippen LogP contribution < -0.4 is 10.6 Å². The number of rotatable bonds is 7. The van der Waals surface area contributed by atoms with Crippen molar-refractivity contribution >= 4 is 63.0 Å². The standard InChI is InChI=1S/C17H12ClN5O4S2/c18-10-5-7-11(8-6-10)19-14(24)9-28-17-22-21-16(29-17)20-15(25)12-3-1-2-4-13(12)23(26)27/h1-8H,9H2,(H,19,24)(H,20,21,25). The van der Waals surface area contributed by atoms with Gasteiger partial charge in [0.1, 0.15) is 5.56 Å². The molecule has 0 aliphatic carbocycles. The van der Waals surface area contributed by atoms with Gasteiger partial charge < -0.3 is 5.32 Å². The van der Waals surface area contributed by atoms with Crippen molar-refractivity contribution in [1.82, 2.24) is 10.2 Å². The molecular weight excluding hydrogens is 438 g/mol. The minimum atomic E-state index is -0.662. The number of hydrogen-bond donors (Lipinski definition) is 2. The van der Waals surface area contributed by atoms with Crippen LogP contribution in [-0.2, 0) is 4.79 Å².